The molecule has 2 aromatic carbocycles. The van der Waals surface area contributed by atoms with E-state index in [1.165, 1.54) is 0 Å². The molecule has 0 aliphatic rings. The van der Waals surface area contributed by atoms with Crippen molar-refractivity contribution in [3.8, 4) is 11.3 Å². The number of anilines is 1. The molecule has 0 aliphatic carbocycles. The van der Waals surface area contributed by atoms with Gasteiger partial charge in [-0.15, -0.1) is 0 Å². The van der Waals surface area contributed by atoms with Crippen LogP contribution >= 0.6 is 11.6 Å². The minimum atomic E-state index is 0.465. The predicted octanol–water partition coefficient (Wildman–Crippen LogP) is 5.40. The minimum absolute atomic E-state index is 0.465. The zero-order chi connectivity index (χ0) is 19.7. The Labute approximate surface area is 167 Å². The van der Waals surface area contributed by atoms with Gasteiger partial charge in [-0.1, -0.05) is 23.2 Å². The molecule has 2 heterocycles. The molecule has 6 heteroatoms. The van der Waals surface area contributed by atoms with E-state index in [0.29, 0.717) is 16.7 Å². The summed E-state index contributed by atoms with van der Waals surface area (Å²) in [6.07, 6.45) is 0. The zero-order valence-electron chi connectivity index (χ0n) is 15.8. The lowest BCUT2D eigenvalue weighted by molar-refractivity contribution is 0.618. The SMILES string of the molecule is Cc1ccc2oc(-c3ccc(Cl)cc3)c/c(=N/Nc3nc(C)cc(C)n3)c2c1. The summed E-state index contributed by atoms with van der Waals surface area (Å²) < 4.78 is 6.11. The molecule has 4 aromatic rings. The molecule has 5 nitrogen and oxygen atoms in total. The molecule has 0 spiro atoms. The molecule has 140 valence electrons. The fraction of sp³-hybridized carbons (Fsp3) is 0.136. The highest BCUT2D eigenvalue weighted by Crippen LogP contribution is 2.24. The van der Waals surface area contributed by atoms with Crippen LogP contribution in [0.3, 0.4) is 0 Å². The number of hydrogen-bond acceptors (Lipinski definition) is 5. The second-order valence-electron chi connectivity index (χ2n) is 6.70. The van der Waals surface area contributed by atoms with Crippen LogP contribution in [-0.4, -0.2) is 9.97 Å². The molecule has 0 fully saturated rings. The Kier molecular flexibility index (Phi) is 4.84. The Morgan fingerprint density at radius 2 is 1.61 bits per heavy atom. The molecule has 4 rings (SSSR count). The average Bonchev–Trinajstić information content (AvgIpc) is 2.66. The van der Waals surface area contributed by atoms with E-state index in [4.69, 9.17) is 16.0 Å². The van der Waals surface area contributed by atoms with Crippen LogP contribution in [0.2, 0.25) is 5.02 Å². The summed E-state index contributed by atoms with van der Waals surface area (Å²) in [6.45, 7) is 5.90. The van der Waals surface area contributed by atoms with Gasteiger partial charge in [-0.2, -0.15) is 5.10 Å². The summed E-state index contributed by atoms with van der Waals surface area (Å²) in [7, 11) is 0. The smallest absolute Gasteiger partial charge is 0.243 e. The van der Waals surface area contributed by atoms with Gasteiger partial charge in [0.1, 0.15) is 11.3 Å². The van der Waals surface area contributed by atoms with E-state index in [2.05, 4.69) is 20.5 Å². The fourth-order valence-electron chi connectivity index (χ4n) is 3.02. The number of aromatic nitrogens is 2. The molecule has 28 heavy (non-hydrogen) atoms. The van der Waals surface area contributed by atoms with Crippen molar-refractivity contribution < 1.29 is 4.42 Å². The van der Waals surface area contributed by atoms with Gasteiger partial charge in [0.2, 0.25) is 5.95 Å². The Morgan fingerprint density at radius 3 is 2.32 bits per heavy atom. The topological polar surface area (TPSA) is 63.3 Å². The van der Waals surface area contributed by atoms with Crippen LogP contribution < -0.4 is 10.8 Å². The summed E-state index contributed by atoms with van der Waals surface area (Å²) in [6, 6.07) is 17.4. The first-order valence-electron chi connectivity index (χ1n) is 8.90. The Balaban J connectivity index is 1.86. The first-order valence-corrected chi connectivity index (χ1v) is 9.28. The van der Waals surface area contributed by atoms with E-state index in [1.807, 2.05) is 75.4 Å². The Hall–Kier alpha value is -3.18. The van der Waals surface area contributed by atoms with E-state index in [9.17, 15) is 0 Å². The van der Waals surface area contributed by atoms with Gasteiger partial charge in [0.05, 0.1) is 5.36 Å². The molecule has 0 bridgehead atoms. The molecular formula is C22H19ClN4O. The molecule has 0 aliphatic heterocycles. The van der Waals surface area contributed by atoms with Crippen LogP contribution in [-0.2, 0) is 0 Å². The van der Waals surface area contributed by atoms with Gasteiger partial charge >= 0.3 is 0 Å². The van der Waals surface area contributed by atoms with Gasteiger partial charge in [-0.3, -0.25) is 0 Å². The number of benzene rings is 2. The van der Waals surface area contributed by atoms with Gasteiger partial charge in [-0.25, -0.2) is 15.4 Å². The maximum Gasteiger partial charge on any atom is 0.243 e. The second-order valence-corrected chi connectivity index (χ2v) is 7.14. The molecule has 0 radical (unpaired) electrons. The monoisotopic (exact) mass is 390 g/mol. The minimum Gasteiger partial charge on any atom is -0.456 e. The lowest BCUT2D eigenvalue weighted by atomic mass is 10.1. The van der Waals surface area contributed by atoms with Crippen molar-refractivity contribution in [2.24, 2.45) is 5.10 Å². The quantitative estimate of drug-likeness (QED) is 0.476. The molecular weight excluding hydrogens is 372 g/mol. The number of halogens is 1. The molecule has 0 atom stereocenters. The number of fused-ring (bicyclic) bond motifs is 1. The first-order chi connectivity index (χ1) is 13.5. The summed E-state index contributed by atoms with van der Waals surface area (Å²) in [4.78, 5) is 8.77. The lowest BCUT2D eigenvalue weighted by Gasteiger charge is -2.07. The van der Waals surface area contributed by atoms with E-state index in [-0.39, 0.29) is 0 Å². The van der Waals surface area contributed by atoms with Crippen LogP contribution in [0.4, 0.5) is 5.95 Å². The van der Waals surface area contributed by atoms with Crippen LogP contribution in [0, 0.1) is 20.8 Å². The van der Waals surface area contributed by atoms with Crippen LogP contribution in [0.15, 0.2) is 64.1 Å². The van der Waals surface area contributed by atoms with E-state index in [0.717, 1.165) is 38.8 Å². The Bertz CT molecular complexity index is 1210. The number of aryl methyl sites for hydroxylation is 3. The van der Waals surface area contributed by atoms with Gasteiger partial charge in [0, 0.05) is 33.4 Å². The zero-order valence-corrected chi connectivity index (χ0v) is 16.6. The van der Waals surface area contributed by atoms with Crippen molar-refractivity contribution in [2.75, 3.05) is 5.43 Å². The van der Waals surface area contributed by atoms with Crippen LogP contribution in [0.25, 0.3) is 22.3 Å². The molecule has 0 saturated heterocycles. The van der Waals surface area contributed by atoms with Gasteiger partial charge in [0.15, 0.2) is 0 Å². The molecule has 1 N–H and O–H groups in total. The lowest BCUT2D eigenvalue weighted by Crippen LogP contribution is -2.09. The largest absolute Gasteiger partial charge is 0.456 e. The standard InChI is InChI=1S/C22H19ClN4O/c1-13-4-9-20-18(10-13)19(26-27-22-24-14(2)11-15(3)25-22)12-21(28-20)16-5-7-17(23)8-6-16/h4-12H,1-3H3,(H,24,25,27)/b26-19-. The molecule has 2 aromatic heterocycles. The maximum absolute atomic E-state index is 6.11. The normalized spacial score (nSPS) is 11.8. The van der Waals surface area contributed by atoms with Crippen molar-refractivity contribution in [1.82, 2.24) is 9.97 Å². The molecule has 0 saturated carbocycles. The van der Waals surface area contributed by atoms with Crippen molar-refractivity contribution in [1.29, 1.82) is 0 Å². The van der Waals surface area contributed by atoms with Crippen molar-refractivity contribution in [2.45, 2.75) is 20.8 Å². The summed E-state index contributed by atoms with van der Waals surface area (Å²) in [5.41, 5.74) is 7.55. The van der Waals surface area contributed by atoms with Crippen LogP contribution in [0.1, 0.15) is 17.0 Å². The maximum atomic E-state index is 6.11. The highest BCUT2D eigenvalue weighted by atomic mass is 35.5. The molecule has 0 amide bonds. The van der Waals surface area contributed by atoms with Gasteiger partial charge < -0.3 is 4.42 Å². The van der Waals surface area contributed by atoms with E-state index >= 15 is 0 Å². The average molecular weight is 391 g/mol. The van der Waals surface area contributed by atoms with Crippen molar-refractivity contribution >= 4 is 28.5 Å². The third kappa shape index (κ3) is 3.89. The number of nitrogens with zero attached hydrogens (tertiary/aromatic N) is 3. The number of hydrogen-bond donors (Lipinski definition) is 1. The molecule has 0 unspecified atom stereocenters. The number of nitrogens with one attached hydrogen (secondary N) is 1. The Morgan fingerprint density at radius 1 is 0.893 bits per heavy atom. The summed E-state index contributed by atoms with van der Waals surface area (Å²) >= 11 is 6.01. The first kappa shape index (κ1) is 18.2. The third-order valence-corrected chi connectivity index (χ3v) is 4.54. The highest BCUT2D eigenvalue weighted by Gasteiger charge is 2.07. The summed E-state index contributed by atoms with van der Waals surface area (Å²) in [5, 5.41) is 6.91. The van der Waals surface area contributed by atoms with E-state index < -0.39 is 0 Å². The van der Waals surface area contributed by atoms with Crippen molar-refractivity contribution in [3.63, 3.8) is 0 Å². The third-order valence-electron chi connectivity index (χ3n) is 4.29. The summed E-state index contributed by atoms with van der Waals surface area (Å²) in [5.74, 6) is 1.17. The fourth-order valence-corrected chi connectivity index (χ4v) is 3.14. The highest BCUT2D eigenvalue weighted by molar-refractivity contribution is 6.30. The van der Waals surface area contributed by atoms with Gasteiger partial charge in [-0.05, 0) is 63.2 Å². The van der Waals surface area contributed by atoms with Gasteiger partial charge in [0.25, 0.3) is 0 Å². The van der Waals surface area contributed by atoms with Crippen LogP contribution in [0.5, 0.6) is 0 Å². The number of rotatable bonds is 3. The van der Waals surface area contributed by atoms with E-state index in [1.54, 1.807) is 0 Å². The second kappa shape index (κ2) is 7.44. The predicted molar refractivity (Wildman–Crippen MR) is 112 cm³/mol. The van der Waals surface area contributed by atoms with Crippen molar-refractivity contribution in [3.05, 3.63) is 81.9 Å².